The van der Waals surface area contributed by atoms with Crippen LogP contribution in [0.25, 0.3) is 0 Å². The van der Waals surface area contributed by atoms with E-state index in [-0.39, 0.29) is 0 Å². The van der Waals surface area contributed by atoms with E-state index in [2.05, 4.69) is 42.4 Å². The van der Waals surface area contributed by atoms with Crippen LogP contribution in [-0.2, 0) is 0 Å². The summed E-state index contributed by atoms with van der Waals surface area (Å²) in [7, 11) is 0. The Morgan fingerprint density at radius 3 is 0.561 bits per heavy atom. The molecule has 0 nitrogen and oxygen atoms in total. The van der Waals surface area contributed by atoms with Crippen LogP contribution in [0, 0.1) is 0 Å². The zero-order chi connectivity index (χ0) is 30.2. The van der Waals surface area contributed by atoms with E-state index in [4.69, 9.17) is 0 Å². The first-order valence-electron chi connectivity index (χ1n) is 19.5. The predicted molar refractivity (Wildman–Crippen MR) is 201 cm³/mol. The van der Waals surface area contributed by atoms with E-state index in [1.165, 1.54) is 224 Å². The van der Waals surface area contributed by atoms with Crippen LogP contribution in [0.2, 0.25) is 0 Å². The van der Waals surface area contributed by atoms with Crippen LogP contribution >= 0.6 is 20.8 Å². The van der Waals surface area contributed by atoms with Crippen LogP contribution in [0.3, 0.4) is 0 Å². The Bertz CT molecular complexity index is 484. The summed E-state index contributed by atoms with van der Waals surface area (Å²) in [5, 5.41) is -1.43. The van der Waals surface area contributed by atoms with Crippen molar-refractivity contribution in [1.29, 1.82) is 0 Å². The third-order valence-electron chi connectivity index (χ3n) is 9.27. The van der Waals surface area contributed by atoms with E-state index in [0.29, 0.717) is 0 Å². The van der Waals surface area contributed by atoms with Crippen LogP contribution < -0.4 is 0 Å². The minimum absolute atomic E-state index is 1.37. The van der Waals surface area contributed by atoms with Crippen molar-refractivity contribution in [2.45, 2.75) is 225 Å². The first-order valence-corrected chi connectivity index (χ1v) is 25.3. The van der Waals surface area contributed by atoms with Crippen molar-refractivity contribution >= 4 is 20.8 Å². The summed E-state index contributed by atoms with van der Waals surface area (Å²) >= 11 is 3.99. The molecule has 0 unspecified atom stereocenters. The molecule has 0 aliphatic rings. The van der Waals surface area contributed by atoms with Crippen molar-refractivity contribution < 1.29 is 0 Å². The van der Waals surface area contributed by atoms with Gasteiger partial charge in [-0.05, 0) is 0 Å². The Hall–Kier alpha value is 0.910. The van der Waals surface area contributed by atoms with Gasteiger partial charge in [0, 0.05) is 0 Å². The monoisotopic (exact) mass is 661 g/mol. The van der Waals surface area contributed by atoms with Gasteiger partial charge in [-0.15, -0.1) is 0 Å². The van der Waals surface area contributed by atoms with Gasteiger partial charge in [0.1, 0.15) is 0 Å². The molecular formula is C39H82BrP. The van der Waals surface area contributed by atoms with E-state index in [0.717, 1.165) is 0 Å². The van der Waals surface area contributed by atoms with Crippen molar-refractivity contribution in [2.75, 3.05) is 26.2 Å². The zero-order valence-corrected chi connectivity index (χ0v) is 32.1. The van der Waals surface area contributed by atoms with Gasteiger partial charge in [-0.1, -0.05) is 155 Å². The van der Waals surface area contributed by atoms with Crippen LogP contribution in [0.15, 0.2) is 0 Å². The second kappa shape index (κ2) is 30.9. The Morgan fingerprint density at radius 1 is 0.268 bits per heavy atom. The van der Waals surface area contributed by atoms with E-state index >= 15 is 0 Å². The van der Waals surface area contributed by atoms with Gasteiger partial charge >= 0.3 is 118 Å². The fourth-order valence-electron chi connectivity index (χ4n) is 6.38. The van der Waals surface area contributed by atoms with Gasteiger partial charge in [-0.3, -0.25) is 0 Å². The minimum atomic E-state index is -1.43. The average molecular weight is 662 g/mol. The molecule has 0 heterocycles. The molecule has 0 radical (unpaired) electrons. The molecule has 0 rings (SSSR count). The van der Waals surface area contributed by atoms with E-state index < -0.39 is 5.31 Å². The summed E-state index contributed by atoms with van der Waals surface area (Å²) in [4.78, 5) is 0. The van der Waals surface area contributed by atoms with Crippen LogP contribution in [0.1, 0.15) is 225 Å². The molecule has 41 heavy (non-hydrogen) atoms. The molecule has 0 aromatic carbocycles. The summed E-state index contributed by atoms with van der Waals surface area (Å²) in [5.41, 5.74) is 0. The van der Waals surface area contributed by atoms with Gasteiger partial charge in [0.25, 0.3) is 0 Å². The molecular weight excluding hydrogens is 579 g/mol. The van der Waals surface area contributed by atoms with Crippen molar-refractivity contribution in [1.82, 2.24) is 0 Å². The summed E-state index contributed by atoms with van der Waals surface area (Å²) < 4.78 is 0. The quantitative estimate of drug-likeness (QED) is 0.0468. The molecule has 0 aliphatic heterocycles. The number of unbranched alkanes of at least 4 members (excludes halogenated alkanes) is 33. The summed E-state index contributed by atoms with van der Waals surface area (Å²) in [5.74, 6) is 0. The first kappa shape index (κ1) is 41.9. The van der Waals surface area contributed by atoms with Gasteiger partial charge in [0.2, 0.25) is 0 Å². The van der Waals surface area contributed by atoms with Gasteiger partial charge < -0.3 is 0 Å². The van der Waals surface area contributed by atoms with Crippen molar-refractivity contribution in [3.8, 4) is 0 Å². The molecule has 0 fully saturated rings. The third kappa shape index (κ3) is 40.9. The summed E-state index contributed by atoms with van der Waals surface area (Å²) in [6.45, 7) is 9.63. The second-order valence-corrected chi connectivity index (χ2v) is 29.5. The molecule has 0 amide bonds. The Balaban J connectivity index is 3.07. The van der Waals surface area contributed by atoms with Crippen molar-refractivity contribution in [3.63, 3.8) is 0 Å². The van der Waals surface area contributed by atoms with E-state index in [1.807, 2.05) is 0 Å². The summed E-state index contributed by atoms with van der Waals surface area (Å²) in [6, 6.07) is 0. The second-order valence-electron chi connectivity index (χ2n) is 15.3. The SMILES string of the molecule is CCCCCCCCCCCCCCCCCCCCCCCCCCCCCCCCCCCCP(C)(C)(C)Br. The van der Waals surface area contributed by atoms with E-state index in [9.17, 15) is 0 Å². The standard InChI is InChI=1S/C39H82BrP/c1-5-6-7-8-9-10-11-12-13-14-15-16-17-18-19-20-21-22-23-24-25-26-27-28-29-30-31-32-33-34-35-36-37-38-39-41(2,3,4)40/h5-39H2,1-4H3. The van der Waals surface area contributed by atoms with Crippen LogP contribution in [0.5, 0.6) is 0 Å². The fourth-order valence-corrected chi connectivity index (χ4v) is 8.42. The van der Waals surface area contributed by atoms with Gasteiger partial charge in [0.05, 0.1) is 0 Å². The van der Waals surface area contributed by atoms with Gasteiger partial charge in [0.15, 0.2) is 0 Å². The van der Waals surface area contributed by atoms with Crippen LogP contribution in [0.4, 0.5) is 0 Å². The maximum atomic E-state index is 3.99. The number of hydrogen-bond donors (Lipinski definition) is 0. The molecule has 250 valence electrons. The van der Waals surface area contributed by atoms with Gasteiger partial charge in [-0.25, -0.2) is 0 Å². The van der Waals surface area contributed by atoms with Crippen molar-refractivity contribution in [3.05, 3.63) is 0 Å². The fraction of sp³-hybridized carbons (Fsp3) is 1.00. The normalized spacial score (nSPS) is 13.0. The molecule has 0 N–H and O–H groups in total. The molecule has 2 heteroatoms. The Kier molecular flexibility index (Phi) is 31.6. The molecule has 0 aliphatic carbocycles. The molecule has 0 saturated heterocycles. The third-order valence-corrected chi connectivity index (χ3v) is 12.2. The van der Waals surface area contributed by atoms with Crippen molar-refractivity contribution in [2.24, 2.45) is 0 Å². The summed E-state index contributed by atoms with van der Waals surface area (Å²) in [6.07, 6.45) is 51.7. The molecule has 0 bridgehead atoms. The topological polar surface area (TPSA) is 0 Å². The van der Waals surface area contributed by atoms with E-state index in [1.54, 1.807) is 0 Å². The van der Waals surface area contributed by atoms with Crippen LogP contribution in [-0.4, -0.2) is 26.2 Å². The molecule has 0 spiro atoms. The average Bonchev–Trinajstić information content (AvgIpc) is 2.92. The maximum absolute atomic E-state index is 3.99. The Labute approximate surface area is 271 Å². The Morgan fingerprint density at radius 2 is 0.415 bits per heavy atom. The zero-order valence-electron chi connectivity index (χ0n) is 29.6. The number of hydrogen-bond acceptors (Lipinski definition) is 0. The number of halogens is 1. The molecule has 0 aromatic rings. The first-order chi connectivity index (χ1) is 19.8. The molecule has 0 atom stereocenters. The predicted octanol–water partition coefficient (Wildman–Crippen LogP) is 16.0. The van der Waals surface area contributed by atoms with Gasteiger partial charge in [-0.2, -0.15) is 0 Å². The molecule has 0 aromatic heterocycles. The molecule has 0 saturated carbocycles. The number of rotatable bonds is 35.